The first-order chi connectivity index (χ1) is 3.13. The van der Waals surface area contributed by atoms with Crippen molar-refractivity contribution < 1.29 is 15.1 Å². The van der Waals surface area contributed by atoms with E-state index >= 15 is 0 Å². The Balaban J connectivity index is 3.13. The molecule has 5 heteroatoms. The normalized spacial score (nSPS) is 9.57. The molecule has 0 saturated heterocycles. The molecule has 0 rings (SSSR count). The number of nitrogens with zero attached hydrogens (tertiary/aromatic N) is 1. The Morgan fingerprint density at radius 2 is 2.14 bits per heavy atom. The molecule has 2 N–H and O–H groups in total. The number of aliphatic hydroxyl groups is 2. The SMILES string of the molecule is O=[N+]([O-])CC(O)O. The fourth-order valence-corrected chi connectivity index (χ4v) is 0.133. The summed E-state index contributed by atoms with van der Waals surface area (Å²) in [5.74, 6) is 0. The Morgan fingerprint density at radius 1 is 1.71 bits per heavy atom. The summed E-state index contributed by atoms with van der Waals surface area (Å²) in [6.45, 7) is -0.806. The number of aliphatic hydroxyl groups excluding tert-OH is 1. The van der Waals surface area contributed by atoms with Gasteiger partial charge in [0.2, 0.25) is 6.29 Å². The van der Waals surface area contributed by atoms with E-state index in [1.165, 1.54) is 0 Å². The second-order valence-corrected chi connectivity index (χ2v) is 0.996. The summed E-state index contributed by atoms with van der Waals surface area (Å²) < 4.78 is 0. The van der Waals surface area contributed by atoms with E-state index in [0.29, 0.717) is 0 Å². The smallest absolute Gasteiger partial charge is 0.253 e. The van der Waals surface area contributed by atoms with E-state index < -0.39 is 17.8 Å². The van der Waals surface area contributed by atoms with E-state index in [1.54, 1.807) is 0 Å². The number of hydrogen-bond acceptors (Lipinski definition) is 4. The van der Waals surface area contributed by atoms with Crippen LogP contribution in [0, 0.1) is 10.1 Å². The second-order valence-electron chi connectivity index (χ2n) is 0.996. The molecule has 0 atom stereocenters. The summed E-state index contributed by atoms with van der Waals surface area (Å²) in [4.78, 5) is 8.49. The lowest BCUT2D eigenvalue weighted by molar-refractivity contribution is -0.501. The van der Waals surface area contributed by atoms with Crippen LogP contribution < -0.4 is 0 Å². The van der Waals surface area contributed by atoms with Gasteiger partial charge in [0.15, 0.2) is 0 Å². The monoisotopic (exact) mass is 107 g/mol. The summed E-state index contributed by atoms with van der Waals surface area (Å²) >= 11 is 0. The van der Waals surface area contributed by atoms with Gasteiger partial charge in [-0.25, -0.2) is 0 Å². The molecule has 0 fully saturated rings. The minimum Gasteiger partial charge on any atom is -0.363 e. The minimum absolute atomic E-state index is 0.801. The summed E-state index contributed by atoms with van der Waals surface area (Å²) in [6.07, 6.45) is -1.82. The molecule has 0 amide bonds. The maximum Gasteiger partial charge on any atom is 0.253 e. The van der Waals surface area contributed by atoms with Gasteiger partial charge in [-0.2, -0.15) is 0 Å². The maximum atomic E-state index is 9.30. The molecule has 5 nitrogen and oxygen atoms in total. The lowest BCUT2D eigenvalue weighted by Gasteiger charge is -1.91. The van der Waals surface area contributed by atoms with Gasteiger partial charge in [-0.05, 0) is 0 Å². The minimum atomic E-state index is -1.82. The standard InChI is InChI=1S/C2H5NO4/c4-2(5)1-3(6)7/h2,4-5H,1H2. The van der Waals surface area contributed by atoms with Gasteiger partial charge >= 0.3 is 0 Å². The molecule has 0 spiro atoms. The Hall–Kier alpha value is -0.680. The molecule has 0 saturated carbocycles. The summed E-state index contributed by atoms with van der Waals surface area (Å²) in [7, 11) is 0. The van der Waals surface area contributed by atoms with Crippen molar-refractivity contribution in [3.8, 4) is 0 Å². The molecule has 0 aromatic heterocycles. The van der Waals surface area contributed by atoms with Crippen LogP contribution in [-0.2, 0) is 0 Å². The zero-order valence-electron chi connectivity index (χ0n) is 3.44. The topological polar surface area (TPSA) is 83.6 Å². The molecule has 0 aliphatic rings. The molecule has 0 radical (unpaired) electrons. The third kappa shape index (κ3) is 5.32. The lowest BCUT2D eigenvalue weighted by Crippen LogP contribution is -2.17. The van der Waals surface area contributed by atoms with Gasteiger partial charge in [-0.1, -0.05) is 0 Å². The van der Waals surface area contributed by atoms with Gasteiger partial charge in [-0.3, -0.25) is 10.1 Å². The van der Waals surface area contributed by atoms with Crippen molar-refractivity contribution in [1.29, 1.82) is 0 Å². The highest BCUT2D eigenvalue weighted by atomic mass is 16.6. The Bertz CT molecular complexity index is 70.1. The van der Waals surface area contributed by atoms with Crippen LogP contribution in [-0.4, -0.2) is 28.0 Å². The predicted octanol–water partition coefficient (Wildman–Crippen LogP) is -1.43. The highest BCUT2D eigenvalue weighted by molar-refractivity contribution is 4.26. The van der Waals surface area contributed by atoms with Crippen molar-refractivity contribution in [2.75, 3.05) is 6.54 Å². The van der Waals surface area contributed by atoms with Crippen molar-refractivity contribution in [3.63, 3.8) is 0 Å². The molecule has 0 heterocycles. The molecule has 0 unspecified atom stereocenters. The molecule has 7 heavy (non-hydrogen) atoms. The third-order valence-electron chi connectivity index (χ3n) is 0.312. The van der Waals surface area contributed by atoms with Crippen LogP contribution >= 0.6 is 0 Å². The van der Waals surface area contributed by atoms with Crippen molar-refractivity contribution in [1.82, 2.24) is 0 Å². The van der Waals surface area contributed by atoms with Crippen LogP contribution in [0.5, 0.6) is 0 Å². The van der Waals surface area contributed by atoms with Crippen LogP contribution in [0.3, 0.4) is 0 Å². The molecule has 42 valence electrons. The largest absolute Gasteiger partial charge is 0.363 e. The quantitative estimate of drug-likeness (QED) is 0.257. The average Bonchev–Trinajstić information content (AvgIpc) is 1.27. The summed E-state index contributed by atoms with van der Waals surface area (Å²) in [6, 6.07) is 0. The van der Waals surface area contributed by atoms with Crippen LogP contribution in [0.1, 0.15) is 0 Å². The average molecular weight is 107 g/mol. The molecule has 0 aliphatic heterocycles. The maximum absolute atomic E-state index is 9.30. The summed E-state index contributed by atoms with van der Waals surface area (Å²) in [5, 5.41) is 25.0. The van der Waals surface area contributed by atoms with E-state index in [1.807, 2.05) is 0 Å². The summed E-state index contributed by atoms with van der Waals surface area (Å²) in [5.41, 5.74) is 0. The molecule has 0 bridgehead atoms. The van der Waals surface area contributed by atoms with Crippen molar-refractivity contribution >= 4 is 0 Å². The molecular formula is C2H5NO4. The second kappa shape index (κ2) is 2.49. The molecule has 0 aromatic carbocycles. The first-order valence-electron chi connectivity index (χ1n) is 1.61. The molecular weight excluding hydrogens is 102 g/mol. The van der Waals surface area contributed by atoms with Gasteiger partial charge in [0.1, 0.15) is 0 Å². The van der Waals surface area contributed by atoms with Gasteiger partial charge < -0.3 is 10.2 Å². The first kappa shape index (κ1) is 6.32. The van der Waals surface area contributed by atoms with Gasteiger partial charge in [0.05, 0.1) is 0 Å². The Morgan fingerprint density at radius 3 is 2.14 bits per heavy atom. The predicted molar refractivity (Wildman–Crippen MR) is 20.1 cm³/mol. The van der Waals surface area contributed by atoms with E-state index in [4.69, 9.17) is 10.2 Å². The van der Waals surface area contributed by atoms with E-state index in [9.17, 15) is 10.1 Å². The van der Waals surface area contributed by atoms with E-state index in [0.717, 1.165) is 0 Å². The fraction of sp³-hybridized carbons (Fsp3) is 1.00. The third-order valence-corrected chi connectivity index (χ3v) is 0.312. The zero-order valence-corrected chi connectivity index (χ0v) is 3.44. The Labute approximate surface area is 39.3 Å². The van der Waals surface area contributed by atoms with Crippen LogP contribution in [0.2, 0.25) is 0 Å². The molecule has 0 aromatic rings. The van der Waals surface area contributed by atoms with Crippen molar-refractivity contribution in [2.24, 2.45) is 0 Å². The van der Waals surface area contributed by atoms with Crippen LogP contribution in [0.15, 0.2) is 0 Å². The van der Waals surface area contributed by atoms with Crippen molar-refractivity contribution in [3.05, 3.63) is 10.1 Å². The lowest BCUT2D eigenvalue weighted by atomic mass is 10.7. The van der Waals surface area contributed by atoms with Gasteiger partial charge in [-0.15, -0.1) is 0 Å². The number of nitro groups is 1. The zero-order chi connectivity index (χ0) is 5.86. The van der Waals surface area contributed by atoms with Gasteiger partial charge in [0, 0.05) is 4.92 Å². The number of hydrogen-bond donors (Lipinski definition) is 2. The van der Waals surface area contributed by atoms with Crippen LogP contribution in [0.25, 0.3) is 0 Å². The highest BCUT2D eigenvalue weighted by Gasteiger charge is 2.03. The Kier molecular flexibility index (Phi) is 2.24. The van der Waals surface area contributed by atoms with E-state index in [2.05, 4.69) is 0 Å². The molecule has 0 aliphatic carbocycles. The first-order valence-corrected chi connectivity index (χ1v) is 1.61. The fourth-order valence-electron chi connectivity index (χ4n) is 0.133. The van der Waals surface area contributed by atoms with Gasteiger partial charge in [0.25, 0.3) is 6.54 Å². The van der Waals surface area contributed by atoms with Crippen LogP contribution in [0.4, 0.5) is 0 Å². The number of rotatable bonds is 2. The highest BCUT2D eigenvalue weighted by Crippen LogP contribution is 1.72. The van der Waals surface area contributed by atoms with E-state index in [-0.39, 0.29) is 0 Å². The van der Waals surface area contributed by atoms with Crippen molar-refractivity contribution in [2.45, 2.75) is 6.29 Å².